The Balaban J connectivity index is 1.43. The fourth-order valence-electron chi connectivity index (χ4n) is 2.34. The van der Waals surface area contributed by atoms with E-state index in [-0.39, 0.29) is 4.90 Å². The van der Waals surface area contributed by atoms with E-state index in [9.17, 15) is 8.42 Å². The van der Waals surface area contributed by atoms with Gasteiger partial charge in [-0.2, -0.15) is 9.61 Å². The molecule has 4 rings (SSSR count). The summed E-state index contributed by atoms with van der Waals surface area (Å²) in [6, 6.07) is 8.35. The van der Waals surface area contributed by atoms with Gasteiger partial charge in [-0.25, -0.2) is 13.1 Å². The number of hydrogen-bond acceptors (Lipinski definition) is 6. The molecule has 1 aliphatic carbocycles. The normalized spacial score (nSPS) is 15.3. The van der Waals surface area contributed by atoms with E-state index in [1.807, 2.05) is 0 Å². The molecule has 0 atom stereocenters. The van der Waals surface area contributed by atoms with Crippen molar-refractivity contribution in [2.24, 2.45) is 0 Å². The number of hydrogen-bond donors (Lipinski definition) is 1. The van der Waals surface area contributed by atoms with Crippen LogP contribution < -0.4 is 4.72 Å². The van der Waals surface area contributed by atoms with Crippen molar-refractivity contribution in [3.05, 3.63) is 41.2 Å². The van der Waals surface area contributed by atoms with Crippen LogP contribution in [0.1, 0.15) is 29.6 Å². The molecular weight excluding hydrogens is 334 g/mol. The van der Waals surface area contributed by atoms with Gasteiger partial charge in [-0.1, -0.05) is 29.5 Å². The highest BCUT2D eigenvalue weighted by molar-refractivity contribution is 7.89. The molecule has 1 N–H and O–H groups in total. The van der Waals surface area contributed by atoms with Crippen molar-refractivity contribution in [2.75, 3.05) is 6.54 Å². The third-order valence-corrected chi connectivity index (χ3v) is 6.12. The smallest absolute Gasteiger partial charge is 0.211 e. The first-order valence-electron chi connectivity index (χ1n) is 7.39. The van der Waals surface area contributed by atoms with Gasteiger partial charge in [0.15, 0.2) is 5.82 Å². The fraction of sp³-hybridized carbons (Fsp3) is 0.357. The summed E-state index contributed by atoms with van der Waals surface area (Å²) in [6.45, 7) is 0.306. The standard InChI is InChI=1S/C14H15N5O2S2/c20-23(21,11-4-2-1-3-5-11)15-9-8-12-18-19-13(10-6-7-10)16-17-14(19)22-12/h1-5,10,15H,6-9H2. The maximum absolute atomic E-state index is 12.1. The zero-order chi connectivity index (χ0) is 15.9. The summed E-state index contributed by atoms with van der Waals surface area (Å²) in [4.78, 5) is 1.04. The lowest BCUT2D eigenvalue weighted by Gasteiger charge is -2.05. The summed E-state index contributed by atoms with van der Waals surface area (Å²) in [5.41, 5.74) is 0. The van der Waals surface area contributed by atoms with Gasteiger partial charge in [0, 0.05) is 18.9 Å². The molecule has 1 fully saturated rings. The first kappa shape index (κ1) is 14.7. The Bertz CT molecular complexity index is 929. The van der Waals surface area contributed by atoms with Gasteiger partial charge in [0.25, 0.3) is 0 Å². The van der Waals surface area contributed by atoms with Crippen molar-refractivity contribution in [2.45, 2.75) is 30.1 Å². The van der Waals surface area contributed by atoms with Crippen molar-refractivity contribution >= 4 is 26.3 Å². The van der Waals surface area contributed by atoms with Crippen molar-refractivity contribution in [3.63, 3.8) is 0 Å². The Hall–Kier alpha value is -1.84. The number of rotatable bonds is 6. The summed E-state index contributed by atoms with van der Waals surface area (Å²) < 4.78 is 28.7. The summed E-state index contributed by atoms with van der Waals surface area (Å²) in [5, 5.41) is 13.7. The Morgan fingerprint density at radius 2 is 2.00 bits per heavy atom. The van der Waals surface area contributed by atoms with Gasteiger partial charge < -0.3 is 0 Å². The Labute approximate surface area is 137 Å². The average Bonchev–Trinajstić information content (AvgIpc) is 3.19. The Kier molecular flexibility index (Phi) is 3.63. The lowest BCUT2D eigenvalue weighted by molar-refractivity contribution is 0.581. The molecule has 0 saturated heterocycles. The summed E-state index contributed by atoms with van der Waals surface area (Å²) >= 11 is 1.45. The van der Waals surface area contributed by atoms with Crippen LogP contribution in [0.15, 0.2) is 35.2 Å². The van der Waals surface area contributed by atoms with E-state index in [0.29, 0.717) is 18.9 Å². The zero-order valence-corrected chi connectivity index (χ0v) is 13.8. The van der Waals surface area contributed by atoms with E-state index >= 15 is 0 Å². The lowest BCUT2D eigenvalue weighted by Crippen LogP contribution is -2.25. The minimum atomic E-state index is -3.47. The van der Waals surface area contributed by atoms with Crippen LogP contribution in [0.5, 0.6) is 0 Å². The molecule has 0 amide bonds. The highest BCUT2D eigenvalue weighted by Crippen LogP contribution is 2.39. The zero-order valence-electron chi connectivity index (χ0n) is 12.2. The second-order valence-electron chi connectivity index (χ2n) is 5.48. The summed E-state index contributed by atoms with van der Waals surface area (Å²) in [7, 11) is -3.47. The van der Waals surface area contributed by atoms with Gasteiger partial charge in [0.1, 0.15) is 5.01 Å². The molecule has 3 aromatic rings. The number of fused-ring (bicyclic) bond motifs is 1. The van der Waals surface area contributed by atoms with Crippen LogP contribution in [0, 0.1) is 0 Å². The third kappa shape index (κ3) is 2.99. The van der Waals surface area contributed by atoms with Gasteiger partial charge in [0.2, 0.25) is 15.0 Å². The predicted octanol–water partition coefficient (Wildman–Crippen LogP) is 1.58. The van der Waals surface area contributed by atoms with E-state index in [1.165, 1.54) is 11.3 Å². The minimum Gasteiger partial charge on any atom is -0.211 e. The highest BCUT2D eigenvalue weighted by atomic mass is 32.2. The van der Waals surface area contributed by atoms with Crippen molar-refractivity contribution in [1.82, 2.24) is 24.5 Å². The molecule has 0 radical (unpaired) electrons. The lowest BCUT2D eigenvalue weighted by atomic mass is 10.4. The molecule has 0 bridgehead atoms. The molecule has 0 spiro atoms. The van der Waals surface area contributed by atoms with Crippen LogP contribution in [0.3, 0.4) is 0 Å². The van der Waals surface area contributed by atoms with Crippen LogP contribution in [0.2, 0.25) is 0 Å². The van der Waals surface area contributed by atoms with Crippen molar-refractivity contribution in [3.8, 4) is 0 Å². The van der Waals surface area contributed by atoms with Gasteiger partial charge in [-0.3, -0.25) is 0 Å². The maximum Gasteiger partial charge on any atom is 0.240 e. The molecule has 0 aliphatic heterocycles. The summed E-state index contributed by atoms with van der Waals surface area (Å²) in [6.07, 6.45) is 2.82. The minimum absolute atomic E-state index is 0.272. The fourth-order valence-corrected chi connectivity index (χ4v) is 4.24. The average molecular weight is 349 g/mol. The van der Waals surface area contributed by atoms with E-state index in [1.54, 1.807) is 34.8 Å². The molecule has 2 aromatic heterocycles. The van der Waals surface area contributed by atoms with Crippen LogP contribution in [-0.2, 0) is 16.4 Å². The molecule has 1 aromatic carbocycles. The van der Waals surface area contributed by atoms with Crippen LogP contribution in [0.4, 0.5) is 0 Å². The van der Waals surface area contributed by atoms with Crippen LogP contribution in [0.25, 0.3) is 4.96 Å². The van der Waals surface area contributed by atoms with E-state index < -0.39 is 10.0 Å². The van der Waals surface area contributed by atoms with Gasteiger partial charge in [0.05, 0.1) is 4.90 Å². The van der Waals surface area contributed by atoms with Gasteiger partial charge in [-0.15, -0.1) is 10.2 Å². The molecule has 120 valence electrons. The summed E-state index contributed by atoms with van der Waals surface area (Å²) in [5.74, 6) is 1.41. The molecule has 9 heteroatoms. The highest BCUT2D eigenvalue weighted by Gasteiger charge is 2.30. The monoisotopic (exact) mass is 349 g/mol. The Morgan fingerprint density at radius 3 is 2.74 bits per heavy atom. The Morgan fingerprint density at radius 1 is 1.22 bits per heavy atom. The first-order chi connectivity index (χ1) is 11.1. The van der Waals surface area contributed by atoms with E-state index in [0.717, 1.165) is 28.6 Å². The SMILES string of the molecule is O=S(=O)(NCCc1nn2c(C3CC3)nnc2s1)c1ccccc1. The number of nitrogens with one attached hydrogen (secondary N) is 1. The number of nitrogens with zero attached hydrogens (tertiary/aromatic N) is 4. The maximum atomic E-state index is 12.1. The van der Waals surface area contributed by atoms with E-state index in [4.69, 9.17) is 0 Å². The van der Waals surface area contributed by atoms with Crippen LogP contribution >= 0.6 is 11.3 Å². The molecule has 1 aliphatic rings. The van der Waals surface area contributed by atoms with Crippen molar-refractivity contribution in [1.29, 1.82) is 0 Å². The quantitative estimate of drug-likeness (QED) is 0.730. The third-order valence-electron chi connectivity index (χ3n) is 3.68. The molecule has 0 unspecified atom stereocenters. The predicted molar refractivity (Wildman–Crippen MR) is 86.0 cm³/mol. The molecule has 23 heavy (non-hydrogen) atoms. The number of benzene rings is 1. The van der Waals surface area contributed by atoms with Gasteiger partial charge in [-0.05, 0) is 25.0 Å². The second kappa shape index (κ2) is 5.66. The molecular formula is C14H15N5O2S2. The largest absolute Gasteiger partial charge is 0.240 e. The van der Waals surface area contributed by atoms with Gasteiger partial charge >= 0.3 is 0 Å². The topological polar surface area (TPSA) is 89.2 Å². The van der Waals surface area contributed by atoms with E-state index in [2.05, 4.69) is 20.0 Å². The number of sulfonamides is 1. The molecule has 7 nitrogen and oxygen atoms in total. The molecule has 2 heterocycles. The molecule has 1 saturated carbocycles. The second-order valence-corrected chi connectivity index (χ2v) is 8.29. The van der Waals surface area contributed by atoms with Crippen molar-refractivity contribution < 1.29 is 8.42 Å². The first-order valence-corrected chi connectivity index (χ1v) is 9.69. The van der Waals surface area contributed by atoms with Crippen LogP contribution in [-0.4, -0.2) is 34.8 Å². The number of aromatic nitrogens is 4.